The molecule has 6 nitrogen and oxygen atoms in total. The summed E-state index contributed by atoms with van der Waals surface area (Å²) in [5, 5.41) is 3.50. The maximum absolute atomic E-state index is 12.8. The van der Waals surface area contributed by atoms with Crippen LogP contribution in [0.2, 0.25) is 5.02 Å². The molecule has 0 bridgehead atoms. The van der Waals surface area contributed by atoms with Crippen LogP contribution in [-0.2, 0) is 23.5 Å². The highest BCUT2D eigenvalue weighted by atomic mass is 35.5. The minimum absolute atomic E-state index is 0.173. The number of piperidine rings is 1. The number of rotatable bonds is 6. The Bertz CT molecular complexity index is 918. The molecule has 0 saturated carbocycles. The first-order valence-corrected chi connectivity index (χ1v) is 10.9. The van der Waals surface area contributed by atoms with E-state index in [2.05, 4.69) is 5.32 Å². The van der Waals surface area contributed by atoms with E-state index in [1.807, 2.05) is 18.2 Å². The number of aryl methyl sites for hydroxylation is 1. The van der Waals surface area contributed by atoms with Crippen LogP contribution in [-0.4, -0.2) is 42.8 Å². The number of sulfonamides is 1. The normalized spacial score (nSPS) is 15.6. The standard InChI is InChI=1S/C19H24ClN3O3S/c1-22-14-17(27(25,26)23-10-3-2-4-11-23)13-18(22)19(24)21-9-8-15-6-5-7-16(20)12-15/h5-7,12-14H,2-4,8-11H2,1H3,(H,21,24). The minimum atomic E-state index is -3.55. The van der Waals surface area contributed by atoms with E-state index in [1.54, 1.807) is 17.7 Å². The number of carbonyl (C=O) groups excluding carboxylic acids is 1. The zero-order valence-corrected chi connectivity index (χ0v) is 16.9. The van der Waals surface area contributed by atoms with Crippen LogP contribution < -0.4 is 5.32 Å². The molecule has 0 spiro atoms. The van der Waals surface area contributed by atoms with Crippen LogP contribution in [0.5, 0.6) is 0 Å². The highest BCUT2D eigenvalue weighted by Gasteiger charge is 2.28. The molecule has 1 amide bonds. The highest BCUT2D eigenvalue weighted by Crippen LogP contribution is 2.22. The molecular weight excluding hydrogens is 386 g/mol. The molecule has 0 aliphatic carbocycles. The van der Waals surface area contributed by atoms with Gasteiger partial charge in [0.05, 0.1) is 0 Å². The highest BCUT2D eigenvalue weighted by molar-refractivity contribution is 7.89. The fraction of sp³-hybridized carbons (Fsp3) is 0.421. The van der Waals surface area contributed by atoms with E-state index >= 15 is 0 Å². The van der Waals surface area contributed by atoms with Crippen molar-refractivity contribution in [1.29, 1.82) is 0 Å². The third-order valence-electron chi connectivity index (χ3n) is 4.75. The van der Waals surface area contributed by atoms with E-state index in [9.17, 15) is 13.2 Å². The summed E-state index contributed by atoms with van der Waals surface area (Å²) in [6.07, 6.45) is 4.97. The quantitative estimate of drug-likeness (QED) is 0.797. The van der Waals surface area contributed by atoms with Crippen molar-refractivity contribution in [2.45, 2.75) is 30.6 Å². The van der Waals surface area contributed by atoms with Gasteiger partial charge in [-0.1, -0.05) is 30.2 Å². The number of hydrogen-bond acceptors (Lipinski definition) is 3. The van der Waals surface area contributed by atoms with Crippen molar-refractivity contribution in [3.05, 3.63) is 52.8 Å². The molecule has 2 aromatic rings. The Morgan fingerprint density at radius 3 is 2.63 bits per heavy atom. The maximum atomic E-state index is 12.8. The van der Waals surface area contributed by atoms with Crippen molar-refractivity contribution in [2.24, 2.45) is 7.05 Å². The number of hydrogen-bond donors (Lipinski definition) is 1. The van der Waals surface area contributed by atoms with Crippen molar-refractivity contribution in [2.75, 3.05) is 19.6 Å². The molecule has 2 heterocycles. The molecule has 0 unspecified atom stereocenters. The Balaban J connectivity index is 1.65. The number of nitrogens with one attached hydrogen (secondary N) is 1. The summed E-state index contributed by atoms with van der Waals surface area (Å²) in [7, 11) is -1.87. The number of carbonyl (C=O) groups is 1. The predicted octanol–water partition coefficient (Wildman–Crippen LogP) is 2.83. The number of halogens is 1. The molecule has 0 radical (unpaired) electrons. The van der Waals surface area contributed by atoms with Crippen molar-refractivity contribution >= 4 is 27.5 Å². The Morgan fingerprint density at radius 1 is 1.19 bits per heavy atom. The van der Waals surface area contributed by atoms with Gasteiger partial charge in [-0.3, -0.25) is 4.79 Å². The number of benzene rings is 1. The van der Waals surface area contributed by atoms with E-state index in [1.165, 1.54) is 16.6 Å². The first-order valence-electron chi connectivity index (χ1n) is 9.07. The molecule has 1 N–H and O–H groups in total. The van der Waals surface area contributed by atoms with Crippen molar-refractivity contribution in [3.8, 4) is 0 Å². The molecule has 0 atom stereocenters. The largest absolute Gasteiger partial charge is 0.350 e. The van der Waals surface area contributed by atoms with Gasteiger partial charge < -0.3 is 9.88 Å². The van der Waals surface area contributed by atoms with Gasteiger partial charge >= 0.3 is 0 Å². The topological polar surface area (TPSA) is 71.4 Å². The summed E-state index contributed by atoms with van der Waals surface area (Å²) < 4.78 is 28.6. The van der Waals surface area contributed by atoms with Gasteiger partial charge in [0.15, 0.2) is 0 Å². The number of nitrogens with zero attached hydrogens (tertiary/aromatic N) is 2. The minimum Gasteiger partial charge on any atom is -0.350 e. The Kier molecular flexibility index (Phi) is 6.24. The fourth-order valence-corrected chi connectivity index (χ4v) is 5.06. The van der Waals surface area contributed by atoms with Gasteiger partial charge in [0, 0.05) is 37.9 Å². The predicted molar refractivity (Wildman–Crippen MR) is 106 cm³/mol. The van der Waals surface area contributed by atoms with E-state index in [-0.39, 0.29) is 10.8 Å². The summed E-state index contributed by atoms with van der Waals surface area (Å²) in [4.78, 5) is 12.6. The lowest BCUT2D eigenvalue weighted by Crippen LogP contribution is -2.35. The van der Waals surface area contributed by atoms with Gasteiger partial charge in [-0.05, 0) is 43.0 Å². The molecule has 1 aromatic carbocycles. The third kappa shape index (κ3) is 4.72. The van der Waals surface area contributed by atoms with Gasteiger partial charge in [-0.2, -0.15) is 4.31 Å². The van der Waals surface area contributed by atoms with Gasteiger partial charge in [0.1, 0.15) is 10.6 Å². The van der Waals surface area contributed by atoms with Crippen LogP contribution in [0.3, 0.4) is 0 Å². The summed E-state index contributed by atoms with van der Waals surface area (Å²) in [5.74, 6) is -0.292. The Morgan fingerprint density at radius 2 is 1.93 bits per heavy atom. The van der Waals surface area contributed by atoms with Gasteiger partial charge in [0.2, 0.25) is 10.0 Å². The van der Waals surface area contributed by atoms with Crippen molar-refractivity contribution in [3.63, 3.8) is 0 Å². The van der Waals surface area contributed by atoms with E-state index in [0.29, 0.717) is 36.8 Å². The lowest BCUT2D eigenvalue weighted by atomic mass is 10.1. The molecule has 1 aliphatic rings. The maximum Gasteiger partial charge on any atom is 0.267 e. The Hall–Kier alpha value is -1.83. The second-order valence-electron chi connectivity index (χ2n) is 6.77. The summed E-state index contributed by atoms with van der Waals surface area (Å²) in [6, 6.07) is 8.94. The number of amides is 1. The lowest BCUT2D eigenvalue weighted by molar-refractivity contribution is 0.0946. The SMILES string of the molecule is Cn1cc(S(=O)(=O)N2CCCCC2)cc1C(=O)NCCc1cccc(Cl)c1. The molecule has 146 valence electrons. The van der Waals surface area contributed by atoms with Crippen LogP contribution in [0.4, 0.5) is 0 Å². The van der Waals surface area contributed by atoms with Gasteiger partial charge in [0.25, 0.3) is 5.91 Å². The molecular formula is C19H24ClN3O3S. The van der Waals surface area contributed by atoms with Crippen LogP contribution in [0.15, 0.2) is 41.4 Å². The van der Waals surface area contributed by atoms with E-state index < -0.39 is 10.0 Å². The Labute approximate surface area is 165 Å². The van der Waals surface area contributed by atoms with E-state index in [4.69, 9.17) is 11.6 Å². The molecule has 1 aliphatic heterocycles. The zero-order valence-electron chi connectivity index (χ0n) is 15.3. The third-order valence-corrected chi connectivity index (χ3v) is 6.85. The lowest BCUT2D eigenvalue weighted by Gasteiger charge is -2.25. The monoisotopic (exact) mass is 409 g/mol. The summed E-state index contributed by atoms with van der Waals surface area (Å²) in [6.45, 7) is 1.52. The van der Waals surface area contributed by atoms with E-state index in [0.717, 1.165) is 24.8 Å². The summed E-state index contributed by atoms with van der Waals surface area (Å²) in [5.41, 5.74) is 1.36. The fourth-order valence-electron chi connectivity index (χ4n) is 3.26. The molecule has 3 rings (SSSR count). The first-order chi connectivity index (χ1) is 12.9. The van der Waals surface area contributed by atoms with Crippen LogP contribution in [0, 0.1) is 0 Å². The molecule has 1 fully saturated rings. The molecule has 1 aromatic heterocycles. The van der Waals surface area contributed by atoms with Crippen LogP contribution in [0.1, 0.15) is 35.3 Å². The average molecular weight is 410 g/mol. The molecule has 1 saturated heterocycles. The summed E-state index contributed by atoms with van der Waals surface area (Å²) >= 11 is 5.96. The first kappa shape index (κ1) is 19.9. The molecule has 27 heavy (non-hydrogen) atoms. The van der Waals surface area contributed by atoms with Gasteiger partial charge in [-0.15, -0.1) is 0 Å². The smallest absolute Gasteiger partial charge is 0.267 e. The van der Waals surface area contributed by atoms with Crippen molar-refractivity contribution < 1.29 is 13.2 Å². The average Bonchev–Trinajstić information content (AvgIpc) is 3.05. The second-order valence-corrected chi connectivity index (χ2v) is 9.15. The van der Waals surface area contributed by atoms with Crippen LogP contribution >= 0.6 is 11.6 Å². The number of aromatic nitrogens is 1. The second kappa shape index (κ2) is 8.46. The van der Waals surface area contributed by atoms with Crippen LogP contribution in [0.25, 0.3) is 0 Å². The zero-order chi connectivity index (χ0) is 19.4. The van der Waals surface area contributed by atoms with Gasteiger partial charge in [-0.25, -0.2) is 8.42 Å². The van der Waals surface area contributed by atoms with Crippen molar-refractivity contribution in [1.82, 2.24) is 14.2 Å². The molecule has 8 heteroatoms.